The van der Waals surface area contributed by atoms with Crippen molar-refractivity contribution in [3.63, 3.8) is 0 Å². The van der Waals surface area contributed by atoms with Crippen LogP contribution in [0.2, 0.25) is 0 Å². The number of hydrogen-bond acceptors (Lipinski definition) is 2. The van der Waals surface area contributed by atoms with Gasteiger partial charge in [0.25, 0.3) is 0 Å². The molecule has 0 saturated heterocycles. The van der Waals surface area contributed by atoms with Gasteiger partial charge in [0, 0.05) is 7.05 Å². The SMILES string of the molecule is CNNc1c(C)c(C)c(C)c(C)c1C. The van der Waals surface area contributed by atoms with Gasteiger partial charge in [-0.25, -0.2) is 5.43 Å². The van der Waals surface area contributed by atoms with Gasteiger partial charge < -0.3 is 5.43 Å². The molecule has 0 amide bonds. The second-order valence-corrected chi connectivity index (χ2v) is 3.88. The third kappa shape index (κ3) is 1.62. The van der Waals surface area contributed by atoms with Crippen molar-refractivity contribution >= 4 is 5.69 Å². The lowest BCUT2D eigenvalue weighted by molar-refractivity contribution is 0.968. The minimum Gasteiger partial charge on any atom is -0.321 e. The van der Waals surface area contributed by atoms with Gasteiger partial charge >= 0.3 is 0 Å². The van der Waals surface area contributed by atoms with Crippen LogP contribution in [0.1, 0.15) is 27.8 Å². The summed E-state index contributed by atoms with van der Waals surface area (Å²) in [5.74, 6) is 0. The van der Waals surface area contributed by atoms with Gasteiger partial charge in [0.05, 0.1) is 5.69 Å². The average Bonchev–Trinajstić information content (AvgIpc) is 2.19. The van der Waals surface area contributed by atoms with Gasteiger partial charge in [0.1, 0.15) is 0 Å². The molecule has 1 aromatic rings. The molecular formula is C12H20N2. The standard InChI is InChI=1S/C12H20N2/c1-7-8(2)10(4)12(14-13-6)11(5)9(7)3/h13-14H,1-6H3. The summed E-state index contributed by atoms with van der Waals surface area (Å²) in [5.41, 5.74) is 14.2. The first-order chi connectivity index (χ1) is 6.50. The zero-order chi connectivity index (χ0) is 10.9. The van der Waals surface area contributed by atoms with Crippen LogP contribution < -0.4 is 10.9 Å². The molecule has 0 saturated carbocycles. The number of rotatable bonds is 2. The van der Waals surface area contributed by atoms with Crippen molar-refractivity contribution in [2.24, 2.45) is 0 Å². The lowest BCUT2D eigenvalue weighted by Crippen LogP contribution is -2.18. The Balaban J connectivity index is 3.43. The van der Waals surface area contributed by atoms with E-state index in [1.54, 1.807) is 0 Å². The van der Waals surface area contributed by atoms with Crippen molar-refractivity contribution in [2.75, 3.05) is 12.5 Å². The van der Waals surface area contributed by atoms with E-state index in [9.17, 15) is 0 Å². The highest BCUT2D eigenvalue weighted by Crippen LogP contribution is 2.29. The summed E-state index contributed by atoms with van der Waals surface area (Å²) in [6, 6.07) is 0. The molecule has 2 heteroatoms. The third-order valence-electron chi connectivity index (χ3n) is 3.25. The molecule has 0 aliphatic rings. The fourth-order valence-electron chi connectivity index (χ4n) is 1.81. The zero-order valence-electron chi connectivity index (χ0n) is 10.0. The Morgan fingerprint density at radius 2 is 1.00 bits per heavy atom. The van der Waals surface area contributed by atoms with Gasteiger partial charge in [-0.3, -0.25) is 0 Å². The molecule has 78 valence electrons. The molecule has 2 nitrogen and oxygen atoms in total. The maximum absolute atomic E-state index is 3.20. The molecule has 0 unspecified atom stereocenters. The Morgan fingerprint density at radius 1 is 0.643 bits per heavy atom. The van der Waals surface area contributed by atoms with Gasteiger partial charge in [0.15, 0.2) is 0 Å². The fraction of sp³-hybridized carbons (Fsp3) is 0.500. The van der Waals surface area contributed by atoms with Gasteiger partial charge in [-0.05, 0) is 62.4 Å². The number of hydrazine groups is 1. The molecule has 0 radical (unpaired) electrons. The summed E-state index contributed by atoms with van der Waals surface area (Å²) in [5, 5.41) is 0. The van der Waals surface area contributed by atoms with Crippen LogP contribution in [0.3, 0.4) is 0 Å². The Morgan fingerprint density at radius 3 is 1.36 bits per heavy atom. The molecule has 2 N–H and O–H groups in total. The normalized spacial score (nSPS) is 10.4. The highest BCUT2D eigenvalue weighted by molar-refractivity contribution is 5.64. The summed E-state index contributed by atoms with van der Waals surface area (Å²) in [4.78, 5) is 0. The van der Waals surface area contributed by atoms with E-state index >= 15 is 0 Å². The van der Waals surface area contributed by atoms with Crippen LogP contribution in [-0.2, 0) is 0 Å². The van der Waals surface area contributed by atoms with E-state index in [4.69, 9.17) is 0 Å². The zero-order valence-corrected chi connectivity index (χ0v) is 10.0. The molecule has 1 rings (SSSR count). The quantitative estimate of drug-likeness (QED) is 0.704. The number of benzene rings is 1. The smallest absolute Gasteiger partial charge is 0.0551 e. The molecule has 0 aliphatic carbocycles. The van der Waals surface area contributed by atoms with Crippen LogP contribution in [0.5, 0.6) is 0 Å². The highest BCUT2D eigenvalue weighted by Gasteiger charge is 2.10. The van der Waals surface area contributed by atoms with E-state index in [1.165, 1.54) is 33.5 Å². The largest absolute Gasteiger partial charge is 0.321 e. The van der Waals surface area contributed by atoms with Gasteiger partial charge in [-0.2, -0.15) is 0 Å². The molecule has 14 heavy (non-hydrogen) atoms. The maximum Gasteiger partial charge on any atom is 0.0551 e. The van der Waals surface area contributed by atoms with E-state index in [-0.39, 0.29) is 0 Å². The molecule has 0 atom stereocenters. The van der Waals surface area contributed by atoms with Crippen LogP contribution in [0, 0.1) is 34.6 Å². The van der Waals surface area contributed by atoms with Crippen molar-refractivity contribution in [2.45, 2.75) is 34.6 Å². The maximum atomic E-state index is 3.20. The molecule has 0 aromatic heterocycles. The molecular weight excluding hydrogens is 172 g/mol. The number of anilines is 1. The van der Waals surface area contributed by atoms with E-state index in [0.717, 1.165) is 0 Å². The lowest BCUT2D eigenvalue weighted by atomic mass is 9.93. The summed E-state index contributed by atoms with van der Waals surface area (Å²) < 4.78 is 0. The van der Waals surface area contributed by atoms with E-state index < -0.39 is 0 Å². The summed E-state index contributed by atoms with van der Waals surface area (Å²) in [7, 11) is 1.89. The number of nitrogens with one attached hydrogen (secondary N) is 2. The van der Waals surface area contributed by atoms with Crippen molar-refractivity contribution < 1.29 is 0 Å². The number of hydrogen-bond donors (Lipinski definition) is 2. The van der Waals surface area contributed by atoms with Crippen molar-refractivity contribution in [3.05, 3.63) is 27.8 Å². The van der Waals surface area contributed by atoms with Crippen LogP contribution in [0.15, 0.2) is 0 Å². The fourth-order valence-corrected chi connectivity index (χ4v) is 1.81. The molecule has 0 heterocycles. The van der Waals surface area contributed by atoms with Crippen LogP contribution in [-0.4, -0.2) is 7.05 Å². The Kier molecular flexibility index (Phi) is 3.17. The Labute approximate surface area is 86.7 Å². The van der Waals surface area contributed by atoms with Gasteiger partial charge in [-0.1, -0.05) is 0 Å². The first kappa shape index (κ1) is 11.1. The predicted molar refractivity (Wildman–Crippen MR) is 62.8 cm³/mol. The first-order valence-electron chi connectivity index (χ1n) is 5.00. The minimum atomic E-state index is 1.22. The monoisotopic (exact) mass is 192 g/mol. The molecule has 0 fully saturated rings. The second-order valence-electron chi connectivity index (χ2n) is 3.88. The first-order valence-corrected chi connectivity index (χ1v) is 5.00. The molecule has 0 spiro atoms. The van der Waals surface area contributed by atoms with E-state index in [2.05, 4.69) is 45.5 Å². The van der Waals surface area contributed by atoms with Gasteiger partial charge in [0.2, 0.25) is 0 Å². The van der Waals surface area contributed by atoms with Crippen molar-refractivity contribution in [3.8, 4) is 0 Å². The van der Waals surface area contributed by atoms with Crippen LogP contribution >= 0.6 is 0 Å². The lowest BCUT2D eigenvalue weighted by Gasteiger charge is -2.19. The van der Waals surface area contributed by atoms with E-state index in [0.29, 0.717) is 0 Å². The van der Waals surface area contributed by atoms with E-state index in [1.807, 2.05) is 7.05 Å². The molecule has 0 aliphatic heterocycles. The van der Waals surface area contributed by atoms with Crippen LogP contribution in [0.4, 0.5) is 5.69 Å². The summed E-state index contributed by atoms with van der Waals surface area (Å²) in [6.45, 7) is 10.9. The Hall–Kier alpha value is -1.02. The average molecular weight is 192 g/mol. The third-order valence-corrected chi connectivity index (χ3v) is 3.25. The van der Waals surface area contributed by atoms with Crippen molar-refractivity contribution in [1.29, 1.82) is 0 Å². The van der Waals surface area contributed by atoms with Crippen molar-refractivity contribution in [1.82, 2.24) is 5.43 Å². The molecule has 1 aromatic carbocycles. The highest BCUT2D eigenvalue weighted by atomic mass is 15.3. The molecule has 0 bridgehead atoms. The summed E-state index contributed by atoms with van der Waals surface area (Å²) in [6.07, 6.45) is 0. The summed E-state index contributed by atoms with van der Waals surface area (Å²) >= 11 is 0. The second kappa shape index (κ2) is 4.01. The Bertz CT molecular complexity index is 325. The predicted octanol–water partition coefficient (Wildman–Crippen LogP) is 2.78. The topological polar surface area (TPSA) is 24.1 Å². The van der Waals surface area contributed by atoms with Gasteiger partial charge in [-0.15, -0.1) is 0 Å². The minimum absolute atomic E-state index is 1.22. The van der Waals surface area contributed by atoms with Crippen LogP contribution in [0.25, 0.3) is 0 Å².